The SMILES string of the molecule is Nc1cccc2c3cccc(NC(=O)COc4ccccc4)cc-3nc12.O=C(O)C(O)c1ccccc1. The van der Waals surface area contributed by atoms with Crippen LogP contribution in [0.15, 0.2) is 103 Å². The van der Waals surface area contributed by atoms with Crippen LogP contribution in [0, 0.1) is 0 Å². The van der Waals surface area contributed by atoms with Gasteiger partial charge in [-0.2, -0.15) is 0 Å². The van der Waals surface area contributed by atoms with Crippen molar-refractivity contribution in [2.45, 2.75) is 6.10 Å². The van der Waals surface area contributed by atoms with Crippen LogP contribution in [0.2, 0.25) is 0 Å². The predicted octanol–water partition coefficient (Wildman–Crippen LogP) is 4.74. The highest BCUT2D eigenvalue weighted by Gasteiger charge is 2.14. The lowest BCUT2D eigenvalue weighted by molar-refractivity contribution is -0.146. The number of fused-ring (bicyclic) bond motifs is 3. The number of carbonyl (C=O) groups is 2. The van der Waals surface area contributed by atoms with Crippen molar-refractivity contribution in [1.29, 1.82) is 0 Å². The van der Waals surface area contributed by atoms with E-state index in [1.54, 1.807) is 30.3 Å². The molecule has 0 aromatic heterocycles. The number of carboxylic acids is 1. The normalized spacial score (nSPS) is 11.3. The number of nitrogens with one attached hydrogen (secondary N) is 1. The fraction of sp³-hybridized carbons (Fsp3) is 0.0690. The molecule has 0 fully saturated rings. The Morgan fingerprint density at radius 3 is 2.27 bits per heavy atom. The summed E-state index contributed by atoms with van der Waals surface area (Å²) in [6.45, 7) is -0.0604. The minimum atomic E-state index is -1.41. The molecule has 0 saturated carbocycles. The number of amides is 1. The maximum absolute atomic E-state index is 12.2. The standard InChI is InChI=1S/C21H17N3O2.C8H8O3/c22-18-11-5-10-17-16-9-4-6-14(12-19(16)24-21(17)18)23-20(25)13-26-15-7-2-1-3-8-15;9-7(8(10)11)6-4-2-1-3-5-6/h1-12H,13,22H2,(H,23,25);1-5,7,9H,(H,10,11). The minimum Gasteiger partial charge on any atom is -0.484 e. The third-order valence-electron chi connectivity index (χ3n) is 5.44. The number of benzene rings is 3. The van der Waals surface area contributed by atoms with E-state index in [-0.39, 0.29) is 12.5 Å². The summed E-state index contributed by atoms with van der Waals surface area (Å²) in [6, 6.07) is 30.8. The van der Waals surface area contributed by atoms with Crippen LogP contribution in [0.5, 0.6) is 5.75 Å². The van der Waals surface area contributed by atoms with Gasteiger partial charge in [0.25, 0.3) is 5.91 Å². The van der Waals surface area contributed by atoms with Gasteiger partial charge < -0.3 is 26.0 Å². The molecule has 0 bridgehead atoms. The zero-order chi connectivity index (χ0) is 26.2. The Morgan fingerprint density at radius 2 is 1.57 bits per heavy atom. The summed E-state index contributed by atoms with van der Waals surface area (Å²) in [4.78, 5) is 27.0. The molecule has 1 aliphatic carbocycles. The molecule has 186 valence electrons. The Kier molecular flexibility index (Phi) is 7.92. The molecule has 1 amide bonds. The number of rotatable bonds is 6. The van der Waals surface area contributed by atoms with Crippen molar-refractivity contribution in [2.24, 2.45) is 0 Å². The molecule has 1 atom stereocenters. The number of nitrogen functional groups attached to an aromatic ring is 1. The van der Waals surface area contributed by atoms with Crippen LogP contribution in [0.4, 0.5) is 11.4 Å². The number of anilines is 2. The van der Waals surface area contributed by atoms with Gasteiger partial charge in [0.2, 0.25) is 0 Å². The summed E-state index contributed by atoms with van der Waals surface area (Å²) >= 11 is 0. The molecule has 1 unspecified atom stereocenters. The molecule has 0 saturated heterocycles. The highest BCUT2D eigenvalue weighted by Crippen LogP contribution is 2.34. The lowest BCUT2D eigenvalue weighted by Crippen LogP contribution is -2.19. The number of aliphatic hydroxyl groups is 1. The second-order valence-electron chi connectivity index (χ2n) is 8.08. The van der Waals surface area contributed by atoms with Gasteiger partial charge in [-0.05, 0) is 35.9 Å². The average Bonchev–Trinajstić information content (AvgIpc) is 3.14. The molecule has 3 aromatic rings. The van der Waals surface area contributed by atoms with Gasteiger partial charge in [-0.15, -0.1) is 0 Å². The monoisotopic (exact) mass is 495 g/mol. The quantitative estimate of drug-likeness (QED) is 0.250. The van der Waals surface area contributed by atoms with Gasteiger partial charge in [-0.25, -0.2) is 9.78 Å². The van der Waals surface area contributed by atoms with E-state index < -0.39 is 12.1 Å². The summed E-state index contributed by atoms with van der Waals surface area (Å²) in [5, 5.41) is 21.2. The Balaban J connectivity index is 0.000000245. The van der Waals surface area contributed by atoms with Gasteiger partial charge in [0.1, 0.15) is 5.75 Å². The number of aliphatic hydroxyl groups excluding tert-OH is 1. The smallest absolute Gasteiger partial charge is 0.337 e. The first-order chi connectivity index (χ1) is 17.9. The summed E-state index contributed by atoms with van der Waals surface area (Å²) in [6.07, 6.45) is -1.41. The van der Waals surface area contributed by atoms with E-state index in [0.29, 0.717) is 22.7 Å². The van der Waals surface area contributed by atoms with Gasteiger partial charge in [-0.1, -0.05) is 72.8 Å². The molecule has 1 aliphatic heterocycles. The molecule has 8 heteroatoms. The summed E-state index contributed by atoms with van der Waals surface area (Å²) in [5.74, 6) is -0.803. The third-order valence-corrected chi connectivity index (χ3v) is 5.44. The van der Waals surface area contributed by atoms with Gasteiger partial charge in [0, 0.05) is 16.6 Å². The second kappa shape index (κ2) is 11.7. The van der Waals surface area contributed by atoms with Crippen LogP contribution in [0.1, 0.15) is 11.7 Å². The van der Waals surface area contributed by atoms with Gasteiger partial charge in [0.15, 0.2) is 12.7 Å². The van der Waals surface area contributed by atoms with Crippen LogP contribution < -0.4 is 15.8 Å². The first-order valence-corrected chi connectivity index (χ1v) is 11.4. The molecule has 37 heavy (non-hydrogen) atoms. The van der Waals surface area contributed by atoms with E-state index in [1.807, 2.05) is 72.8 Å². The number of carboxylic acid groups (broad SMARTS) is 1. The maximum atomic E-state index is 12.2. The lowest BCUT2D eigenvalue weighted by atomic mass is 10.1. The molecule has 8 nitrogen and oxygen atoms in total. The highest BCUT2D eigenvalue weighted by atomic mass is 16.5. The zero-order valence-corrected chi connectivity index (χ0v) is 19.7. The van der Waals surface area contributed by atoms with Crippen molar-refractivity contribution < 1.29 is 24.5 Å². The number of aromatic nitrogens is 1. The molecule has 5 rings (SSSR count). The number of aliphatic carboxylic acids is 1. The Morgan fingerprint density at radius 1 is 0.892 bits per heavy atom. The van der Waals surface area contributed by atoms with E-state index in [0.717, 1.165) is 22.2 Å². The second-order valence-corrected chi connectivity index (χ2v) is 8.08. The molecule has 0 radical (unpaired) electrons. The first-order valence-electron chi connectivity index (χ1n) is 11.4. The molecular weight excluding hydrogens is 470 g/mol. The largest absolute Gasteiger partial charge is 0.484 e. The lowest BCUT2D eigenvalue weighted by Gasteiger charge is -2.06. The summed E-state index contributed by atoms with van der Waals surface area (Å²) in [5.41, 5.74) is 10.3. The van der Waals surface area contributed by atoms with Crippen LogP contribution >= 0.6 is 0 Å². The number of ether oxygens (including phenoxy) is 1. The zero-order valence-electron chi connectivity index (χ0n) is 19.7. The third kappa shape index (κ3) is 6.39. The fourth-order valence-corrected chi connectivity index (χ4v) is 3.67. The maximum Gasteiger partial charge on any atom is 0.337 e. The van der Waals surface area contributed by atoms with Crippen LogP contribution in [-0.4, -0.2) is 33.7 Å². The van der Waals surface area contributed by atoms with Crippen molar-refractivity contribution in [3.63, 3.8) is 0 Å². The number of hydrogen-bond acceptors (Lipinski definition) is 6. The van der Waals surface area contributed by atoms with E-state index >= 15 is 0 Å². The number of para-hydroxylation sites is 2. The van der Waals surface area contributed by atoms with E-state index in [2.05, 4.69) is 10.3 Å². The summed E-state index contributed by atoms with van der Waals surface area (Å²) in [7, 11) is 0. The van der Waals surface area contributed by atoms with Crippen LogP contribution in [-0.2, 0) is 9.59 Å². The van der Waals surface area contributed by atoms with E-state index in [9.17, 15) is 9.59 Å². The minimum absolute atomic E-state index is 0.0604. The van der Waals surface area contributed by atoms with Crippen molar-refractivity contribution in [1.82, 2.24) is 4.98 Å². The summed E-state index contributed by atoms with van der Waals surface area (Å²) < 4.78 is 5.47. The average molecular weight is 496 g/mol. The molecule has 1 heterocycles. The van der Waals surface area contributed by atoms with Crippen molar-refractivity contribution in [2.75, 3.05) is 17.7 Å². The number of hydrogen-bond donors (Lipinski definition) is 4. The predicted molar refractivity (Wildman–Crippen MR) is 142 cm³/mol. The Labute approximate surface area is 213 Å². The molecule has 5 N–H and O–H groups in total. The highest BCUT2D eigenvalue weighted by molar-refractivity contribution is 6.03. The van der Waals surface area contributed by atoms with Crippen LogP contribution in [0.3, 0.4) is 0 Å². The van der Waals surface area contributed by atoms with Gasteiger partial charge in [-0.3, -0.25) is 4.79 Å². The van der Waals surface area contributed by atoms with E-state index in [4.69, 9.17) is 20.7 Å². The van der Waals surface area contributed by atoms with Crippen LogP contribution in [0.25, 0.3) is 22.2 Å². The molecule has 0 spiro atoms. The van der Waals surface area contributed by atoms with Crippen molar-refractivity contribution in [3.8, 4) is 17.0 Å². The molecule has 3 aromatic carbocycles. The first kappa shape index (κ1) is 25.2. The van der Waals surface area contributed by atoms with Gasteiger partial charge in [0.05, 0.1) is 16.9 Å². The Hall–Kier alpha value is -4.95. The topological polar surface area (TPSA) is 135 Å². The number of nitrogens with zero attached hydrogens (tertiary/aromatic N) is 1. The Bertz CT molecular complexity index is 1480. The van der Waals surface area contributed by atoms with Gasteiger partial charge >= 0.3 is 5.97 Å². The molecular formula is C29H25N3O5. The number of carbonyl (C=O) groups excluding carboxylic acids is 1. The van der Waals surface area contributed by atoms with E-state index in [1.165, 1.54) is 0 Å². The molecule has 2 aliphatic rings. The number of nitrogens with two attached hydrogens (primary N) is 1. The fourth-order valence-electron chi connectivity index (χ4n) is 3.67. The van der Waals surface area contributed by atoms with Crippen molar-refractivity contribution >= 4 is 34.2 Å². The van der Waals surface area contributed by atoms with Crippen molar-refractivity contribution in [3.05, 3.63) is 109 Å².